The van der Waals surface area contributed by atoms with Crippen LogP contribution in [0.4, 0.5) is 0 Å². The van der Waals surface area contributed by atoms with Gasteiger partial charge < -0.3 is 10.1 Å². The minimum atomic E-state index is 0.105. The van der Waals surface area contributed by atoms with Gasteiger partial charge in [-0.1, -0.05) is 38.5 Å². The molecule has 0 bridgehead atoms. The van der Waals surface area contributed by atoms with Crippen molar-refractivity contribution in [1.29, 1.82) is 0 Å². The lowest BCUT2D eigenvalue weighted by atomic mass is 9.83. The number of hydrogen-bond acceptors (Lipinski definition) is 3. The summed E-state index contributed by atoms with van der Waals surface area (Å²) < 4.78 is 5.76. The highest BCUT2D eigenvalue weighted by Gasteiger charge is 2.26. The number of hydrogen-bond donors (Lipinski definition) is 1. The molecule has 1 saturated heterocycles. The third-order valence-electron chi connectivity index (χ3n) is 3.57. The quantitative estimate of drug-likeness (QED) is 0.892. The molecule has 1 N–H and O–H groups in total. The summed E-state index contributed by atoms with van der Waals surface area (Å²) in [6.45, 7) is 10.00. The molecule has 1 unspecified atom stereocenters. The molecular weight excluding hydrogens is 254 g/mol. The molecule has 0 aromatic heterocycles. The van der Waals surface area contributed by atoms with E-state index in [0.29, 0.717) is 6.04 Å². The van der Waals surface area contributed by atoms with Crippen LogP contribution in [0.2, 0.25) is 0 Å². The number of rotatable bonds is 2. The highest BCUT2D eigenvalue weighted by molar-refractivity contribution is 7.99. The zero-order valence-electron chi connectivity index (χ0n) is 12.7. The van der Waals surface area contributed by atoms with E-state index in [-0.39, 0.29) is 5.41 Å². The molecule has 1 fully saturated rings. The maximum atomic E-state index is 5.76. The Balaban J connectivity index is 2.50. The monoisotopic (exact) mass is 279 g/mol. The Morgan fingerprint density at radius 3 is 2.58 bits per heavy atom. The van der Waals surface area contributed by atoms with Gasteiger partial charge in [-0.15, -0.1) is 0 Å². The maximum Gasteiger partial charge on any atom is 0.127 e. The third-order valence-corrected chi connectivity index (χ3v) is 4.63. The van der Waals surface area contributed by atoms with Gasteiger partial charge in [-0.25, -0.2) is 0 Å². The standard InChI is InChI=1S/C16H25NOS/c1-11-8-12(14-10-19-7-6-17-14)15(18-5)13(9-11)16(2,3)4/h8-9,14,17H,6-7,10H2,1-5H3. The molecule has 0 aliphatic carbocycles. The minimum Gasteiger partial charge on any atom is -0.496 e. The van der Waals surface area contributed by atoms with E-state index < -0.39 is 0 Å². The number of aryl methyl sites for hydroxylation is 1. The summed E-state index contributed by atoms with van der Waals surface area (Å²) in [4.78, 5) is 0. The van der Waals surface area contributed by atoms with Crippen molar-refractivity contribution in [3.05, 3.63) is 28.8 Å². The van der Waals surface area contributed by atoms with Crippen molar-refractivity contribution in [2.45, 2.75) is 39.2 Å². The summed E-state index contributed by atoms with van der Waals surface area (Å²) in [5.41, 5.74) is 4.05. The van der Waals surface area contributed by atoms with Gasteiger partial charge in [-0.2, -0.15) is 11.8 Å². The molecule has 0 amide bonds. The summed E-state index contributed by atoms with van der Waals surface area (Å²) in [5.74, 6) is 3.40. The Kier molecular flexibility index (Phi) is 4.46. The zero-order chi connectivity index (χ0) is 14.0. The SMILES string of the molecule is COc1c(C2CSCCN2)cc(C)cc1C(C)(C)C. The first-order valence-electron chi connectivity index (χ1n) is 6.93. The molecule has 1 aliphatic rings. The van der Waals surface area contributed by atoms with Gasteiger partial charge in [0.25, 0.3) is 0 Å². The van der Waals surface area contributed by atoms with E-state index in [0.717, 1.165) is 18.0 Å². The van der Waals surface area contributed by atoms with Gasteiger partial charge in [0, 0.05) is 35.2 Å². The second-order valence-corrected chi connectivity index (χ2v) is 7.42. The number of nitrogens with one attached hydrogen (secondary N) is 1. The fraction of sp³-hybridized carbons (Fsp3) is 0.625. The van der Waals surface area contributed by atoms with Gasteiger partial charge in [0.2, 0.25) is 0 Å². The molecule has 2 nitrogen and oxygen atoms in total. The first-order valence-corrected chi connectivity index (χ1v) is 8.09. The molecule has 1 aromatic rings. The molecule has 106 valence electrons. The number of thioether (sulfide) groups is 1. The van der Waals surface area contributed by atoms with E-state index in [2.05, 4.69) is 45.1 Å². The molecule has 19 heavy (non-hydrogen) atoms. The van der Waals surface area contributed by atoms with Crippen LogP contribution >= 0.6 is 11.8 Å². The lowest BCUT2D eigenvalue weighted by molar-refractivity contribution is 0.386. The molecule has 1 aliphatic heterocycles. The second-order valence-electron chi connectivity index (χ2n) is 6.27. The molecular formula is C16H25NOS. The first kappa shape index (κ1) is 14.7. The van der Waals surface area contributed by atoms with Gasteiger partial charge in [0.15, 0.2) is 0 Å². The van der Waals surface area contributed by atoms with Crippen LogP contribution in [-0.2, 0) is 5.41 Å². The lowest BCUT2D eigenvalue weighted by Crippen LogP contribution is -2.31. The summed E-state index contributed by atoms with van der Waals surface area (Å²) in [5, 5.41) is 3.62. The highest BCUT2D eigenvalue weighted by Crippen LogP contribution is 2.39. The first-order chi connectivity index (χ1) is 8.93. The normalized spacial score (nSPS) is 20.4. The maximum absolute atomic E-state index is 5.76. The fourth-order valence-electron chi connectivity index (χ4n) is 2.61. The van der Waals surface area contributed by atoms with E-state index in [9.17, 15) is 0 Å². The van der Waals surface area contributed by atoms with Crippen molar-refractivity contribution in [2.24, 2.45) is 0 Å². The van der Waals surface area contributed by atoms with E-state index in [4.69, 9.17) is 4.74 Å². The summed E-state index contributed by atoms with van der Waals surface area (Å²) >= 11 is 2.02. The van der Waals surface area contributed by atoms with Gasteiger partial charge in [-0.05, 0) is 12.3 Å². The number of methoxy groups -OCH3 is 1. The van der Waals surface area contributed by atoms with Crippen LogP contribution in [0.3, 0.4) is 0 Å². The van der Waals surface area contributed by atoms with Crippen molar-refractivity contribution in [3.8, 4) is 5.75 Å². The van der Waals surface area contributed by atoms with Gasteiger partial charge in [0.1, 0.15) is 5.75 Å². The predicted octanol–water partition coefficient (Wildman–Crippen LogP) is 3.68. The Morgan fingerprint density at radius 1 is 1.32 bits per heavy atom. The average molecular weight is 279 g/mol. The second kappa shape index (κ2) is 5.76. The van der Waals surface area contributed by atoms with Crippen LogP contribution in [0.15, 0.2) is 12.1 Å². The van der Waals surface area contributed by atoms with Gasteiger partial charge >= 0.3 is 0 Å². The van der Waals surface area contributed by atoms with Crippen LogP contribution in [0.25, 0.3) is 0 Å². The number of benzene rings is 1. The van der Waals surface area contributed by atoms with Crippen molar-refractivity contribution in [3.63, 3.8) is 0 Å². The molecule has 3 heteroatoms. The summed E-state index contributed by atoms with van der Waals surface area (Å²) in [6, 6.07) is 4.95. The smallest absolute Gasteiger partial charge is 0.127 e. The highest BCUT2D eigenvalue weighted by atomic mass is 32.2. The predicted molar refractivity (Wildman–Crippen MR) is 84.5 cm³/mol. The summed E-state index contributed by atoms with van der Waals surface area (Å²) in [7, 11) is 1.79. The summed E-state index contributed by atoms with van der Waals surface area (Å²) in [6.07, 6.45) is 0. The average Bonchev–Trinajstić information content (AvgIpc) is 2.37. The Labute approximate surface area is 121 Å². The van der Waals surface area contributed by atoms with Crippen LogP contribution in [0.1, 0.15) is 43.5 Å². The van der Waals surface area contributed by atoms with Gasteiger partial charge in [0.05, 0.1) is 7.11 Å². The molecule has 0 spiro atoms. The van der Waals surface area contributed by atoms with Crippen molar-refractivity contribution >= 4 is 11.8 Å². The third kappa shape index (κ3) is 3.26. The molecule has 1 aromatic carbocycles. The fourth-order valence-corrected chi connectivity index (χ4v) is 3.57. The van der Waals surface area contributed by atoms with Crippen molar-refractivity contribution < 1.29 is 4.74 Å². The van der Waals surface area contributed by atoms with Crippen molar-refractivity contribution in [2.75, 3.05) is 25.2 Å². The minimum absolute atomic E-state index is 0.105. The largest absolute Gasteiger partial charge is 0.496 e. The Hall–Kier alpha value is -0.670. The van der Waals surface area contributed by atoms with E-state index in [1.165, 1.54) is 22.4 Å². The molecule has 0 radical (unpaired) electrons. The molecule has 1 heterocycles. The lowest BCUT2D eigenvalue weighted by Gasteiger charge is -2.30. The topological polar surface area (TPSA) is 21.3 Å². The Bertz CT molecular complexity index is 445. The molecule has 0 saturated carbocycles. The van der Waals surface area contributed by atoms with Gasteiger partial charge in [-0.3, -0.25) is 0 Å². The van der Waals surface area contributed by atoms with E-state index in [1.807, 2.05) is 11.8 Å². The van der Waals surface area contributed by atoms with Crippen LogP contribution in [-0.4, -0.2) is 25.2 Å². The van der Waals surface area contributed by atoms with E-state index >= 15 is 0 Å². The van der Waals surface area contributed by atoms with Crippen LogP contribution < -0.4 is 10.1 Å². The molecule has 1 atom stereocenters. The van der Waals surface area contributed by atoms with E-state index in [1.54, 1.807) is 7.11 Å². The number of ether oxygens (including phenoxy) is 1. The zero-order valence-corrected chi connectivity index (χ0v) is 13.5. The Morgan fingerprint density at radius 2 is 2.05 bits per heavy atom. The van der Waals surface area contributed by atoms with Crippen molar-refractivity contribution in [1.82, 2.24) is 5.32 Å². The van der Waals surface area contributed by atoms with Crippen LogP contribution in [0, 0.1) is 6.92 Å². The molecule has 2 rings (SSSR count). The van der Waals surface area contributed by atoms with Crippen LogP contribution in [0.5, 0.6) is 5.75 Å².